The van der Waals surface area contributed by atoms with Crippen LogP contribution in [-0.2, 0) is 25.9 Å². The van der Waals surface area contributed by atoms with E-state index in [1.807, 2.05) is 28.8 Å². The van der Waals surface area contributed by atoms with E-state index in [4.69, 9.17) is 22.4 Å². The molecule has 6 heteroatoms. The van der Waals surface area contributed by atoms with Gasteiger partial charge in [-0.05, 0) is 46.9 Å². The standard InChI is InChI=1S/C27H31N3O2S/c1-2-3-8-25-29-26(21-13-14-21)24(15-16-33)27(31)30(25)18-19-9-11-20(12-10-19)23-7-5-4-6-22(23)17-28-32/h4-7,9-12,16,21,28,32H,2-3,8,13-15,17-18H2,1H3. The van der Waals surface area contributed by atoms with E-state index in [1.54, 1.807) is 5.37 Å². The van der Waals surface area contributed by atoms with Gasteiger partial charge >= 0.3 is 0 Å². The van der Waals surface area contributed by atoms with Crippen molar-refractivity contribution in [2.45, 2.75) is 64.5 Å². The summed E-state index contributed by atoms with van der Waals surface area (Å²) in [6.45, 7) is 3.05. The van der Waals surface area contributed by atoms with E-state index in [2.05, 4.69) is 36.7 Å². The lowest BCUT2D eigenvalue weighted by atomic mass is 9.98. The first-order valence-corrected chi connectivity index (χ1v) is 12.2. The fourth-order valence-electron chi connectivity index (χ4n) is 4.33. The Morgan fingerprint density at radius 2 is 1.94 bits per heavy atom. The second-order valence-electron chi connectivity index (χ2n) is 8.72. The third kappa shape index (κ3) is 5.46. The average molecular weight is 462 g/mol. The Labute approximate surface area is 200 Å². The van der Waals surface area contributed by atoms with Crippen LogP contribution in [0.15, 0.2) is 53.3 Å². The van der Waals surface area contributed by atoms with Gasteiger partial charge in [0.2, 0.25) is 0 Å². The third-order valence-electron chi connectivity index (χ3n) is 6.27. The highest BCUT2D eigenvalue weighted by Gasteiger charge is 2.30. The summed E-state index contributed by atoms with van der Waals surface area (Å²) < 4.78 is 1.86. The highest BCUT2D eigenvalue weighted by atomic mass is 32.1. The van der Waals surface area contributed by atoms with Crippen LogP contribution in [-0.4, -0.2) is 20.1 Å². The van der Waals surface area contributed by atoms with Crippen LogP contribution in [0.4, 0.5) is 0 Å². The largest absolute Gasteiger partial charge is 0.316 e. The Hall–Kier alpha value is -2.67. The summed E-state index contributed by atoms with van der Waals surface area (Å²) in [6.07, 6.45) is 5.61. The molecule has 0 atom stereocenters. The van der Waals surface area contributed by atoms with Crippen LogP contribution in [0.25, 0.3) is 11.1 Å². The van der Waals surface area contributed by atoms with Gasteiger partial charge in [-0.3, -0.25) is 9.36 Å². The summed E-state index contributed by atoms with van der Waals surface area (Å²) in [5, 5.41) is 10.8. The smallest absolute Gasteiger partial charge is 0.257 e. The second-order valence-corrected chi connectivity index (χ2v) is 9.05. The Kier molecular flexibility index (Phi) is 7.81. The Balaban J connectivity index is 1.67. The van der Waals surface area contributed by atoms with Crippen LogP contribution in [0.2, 0.25) is 0 Å². The van der Waals surface area contributed by atoms with Gasteiger partial charge in [0.1, 0.15) is 5.82 Å². The summed E-state index contributed by atoms with van der Waals surface area (Å²) in [5.74, 6) is 1.31. The number of aromatic nitrogens is 2. The van der Waals surface area contributed by atoms with Crippen molar-refractivity contribution in [3.63, 3.8) is 0 Å². The van der Waals surface area contributed by atoms with Gasteiger partial charge < -0.3 is 5.21 Å². The fourth-order valence-corrected chi connectivity index (χ4v) is 4.50. The maximum Gasteiger partial charge on any atom is 0.257 e. The van der Waals surface area contributed by atoms with Gasteiger partial charge in [-0.25, -0.2) is 10.5 Å². The molecule has 0 aliphatic heterocycles. The molecule has 0 radical (unpaired) electrons. The van der Waals surface area contributed by atoms with Gasteiger partial charge in [0.05, 0.1) is 12.2 Å². The molecule has 2 aromatic carbocycles. The third-order valence-corrected chi connectivity index (χ3v) is 6.44. The molecule has 1 aliphatic carbocycles. The summed E-state index contributed by atoms with van der Waals surface area (Å²) in [7, 11) is 0. The van der Waals surface area contributed by atoms with Crippen molar-refractivity contribution in [1.29, 1.82) is 0 Å². The number of nitrogens with one attached hydrogen (secondary N) is 1. The molecule has 33 heavy (non-hydrogen) atoms. The molecule has 4 rings (SSSR count). The van der Waals surface area contributed by atoms with Gasteiger partial charge in [-0.1, -0.05) is 74.1 Å². The molecule has 2 N–H and O–H groups in total. The van der Waals surface area contributed by atoms with Crippen molar-refractivity contribution in [2.24, 2.45) is 0 Å². The van der Waals surface area contributed by atoms with Crippen molar-refractivity contribution in [2.75, 3.05) is 0 Å². The summed E-state index contributed by atoms with van der Waals surface area (Å²) in [4.78, 5) is 18.5. The number of hydrogen-bond acceptors (Lipinski definition) is 5. The predicted octanol–water partition coefficient (Wildman–Crippen LogP) is 5.20. The Bertz CT molecular complexity index is 1170. The first kappa shape index (κ1) is 23.5. The van der Waals surface area contributed by atoms with E-state index in [9.17, 15) is 4.79 Å². The van der Waals surface area contributed by atoms with E-state index >= 15 is 0 Å². The molecule has 1 aliphatic rings. The number of rotatable bonds is 11. The van der Waals surface area contributed by atoms with E-state index in [0.717, 1.165) is 71.4 Å². The van der Waals surface area contributed by atoms with E-state index < -0.39 is 0 Å². The molecule has 0 spiro atoms. The minimum atomic E-state index is 0.0579. The topological polar surface area (TPSA) is 67.2 Å². The minimum Gasteiger partial charge on any atom is -0.316 e. The van der Waals surface area contributed by atoms with Crippen LogP contribution in [0.1, 0.15) is 66.7 Å². The fraction of sp³-hybridized carbons (Fsp3) is 0.370. The first-order valence-electron chi connectivity index (χ1n) is 11.8. The molecule has 0 saturated heterocycles. The van der Waals surface area contributed by atoms with Gasteiger partial charge in [0.15, 0.2) is 0 Å². The number of thiocarbonyl (C=S) groups is 1. The lowest BCUT2D eigenvalue weighted by Crippen LogP contribution is -2.31. The molecule has 1 aromatic heterocycles. The molecule has 0 unspecified atom stereocenters. The zero-order valence-corrected chi connectivity index (χ0v) is 19.9. The first-order chi connectivity index (χ1) is 16.2. The Morgan fingerprint density at radius 3 is 2.61 bits per heavy atom. The van der Waals surface area contributed by atoms with Crippen LogP contribution < -0.4 is 11.0 Å². The maximum atomic E-state index is 13.5. The quantitative estimate of drug-likeness (QED) is 0.303. The summed E-state index contributed by atoms with van der Waals surface area (Å²) >= 11 is 5.11. The van der Waals surface area contributed by atoms with Crippen LogP contribution in [0.5, 0.6) is 0 Å². The molecular weight excluding hydrogens is 430 g/mol. The number of hydrogen-bond donors (Lipinski definition) is 2. The second kappa shape index (κ2) is 11.0. The molecule has 3 aromatic rings. The molecule has 0 amide bonds. The van der Waals surface area contributed by atoms with Crippen molar-refractivity contribution in [3.8, 4) is 11.1 Å². The van der Waals surface area contributed by atoms with E-state index in [1.165, 1.54) is 0 Å². The molecule has 1 fully saturated rings. The van der Waals surface area contributed by atoms with Crippen LogP contribution in [0, 0.1) is 0 Å². The maximum absolute atomic E-state index is 13.5. The SMILES string of the molecule is CCCCc1nc(C2CC2)c(CC=S)c(=O)n1Cc1ccc(-c2ccccc2CNO)cc1. The van der Waals surface area contributed by atoms with E-state index in [-0.39, 0.29) is 5.56 Å². The number of unbranched alkanes of at least 4 members (excludes halogenated alkanes) is 1. The summed E-state index contributed by atoms with van der Waals surface area (Å²) in [5.41, 5.74) is 8.29. The molecular formula is C27H31N3O2S. The number of hydroxylamine groups is 1. The van der Waals surface area contributed by atoms with Crippen molar-refractivity contribution < 1.29 is 5.21 Å². The zero-order chi connectivity index (χ0) is 23.2. The van der Waals surface area contributed by atoms with Gasteiger partial charge in [-0.15, -0.1) is 0 Å². The highest BCUT2D eigenvalue weighted by molar-refractivity contribution is 7.79. The molecule has 0 bridgehead atoms. The van der Waals surface area contributed by atoms with Gasteiger partial charge in [0, 0.05) is 30.9 Å². The molecule has 172 valence electrons. The average Bonchev–Trinajstić information content (AvgIpc) is 3.68. The number of aryl methyl sites for hydroxylation is 1. The van der Waals surface area contributed by atoms with Crippen molar-refractivity contribution in [3.05, 3.63) is 87.1 Å². The number of benzene rings is 2. The molecule has 1 heterocycles. The lowest BCUT2D eigenvalue weighted by molar-refractivity contribution is 0.161. The number of nitrogens with zero attached hydrogens (tertiary/aromatic N) is 2. The van der Waals surface area contributed by atoms with Crippen molar-refractivity contribution >= 4 is 17.6 Å². The molecule has 5 nitrogen and oxygen atoms in total. The monoisotopic (exact) mass is 461 g/mol. The summed E-state index contributed by atoms with van der Waals surface area (Å²) in [6, 6.07) is 16.3. The van der Waals surface area contributed by atoms with Crippen LogP contribution >= 0.6 is 12.2 Å². The minimum absolute atomic E-state index is 0.0579. The van der Waals surface area contributed by atoms with Crippen molar-refractivity contribution in [1.82, 2.24) is 15.0 Å². The normalized spacial score (nSPS) is 13.3. The van der Waals surface area contributed by atoms with Crippen LogP contribution in [0.3, 0.4) is 0 Å². The van der Waals surface area contributed by atoms with Gasteiger partial charge in [0.25, 0.3) is 5.56 Å². The van der Waals surface area contributed by atoms with Gasteiger partial charge in [-0.2, -0.15) is 0 Å². The predicted molar refractivity (Wildman–Crippen MR) is 136 cm³/mol. The Morgan fingerprint density at radius 1 is 1.18 bits per heavy atom. The molecule has 1 saturated carbocycles. The lowest BCUT2D eigenvalue weighted by Gasteiger charge is -2.17. The zero-order valence-electron chi connectivity index (χ0n) is 19.1. The highest BCUT2D eigenvalue weighted by Crippen LogP contribution is 2.40. The van der Waals surface area contributed by atoms with E-state index in [0.29, 0.717) is 25.4 Å².